The number of ether oxygens (including phenoxy) is 1. The fourth-order valence-electron chi connectivity index (χ4n) is 2.59. The maximum absolute atomic E-state index is 11.1. The van der Waals surface area contributed by atoms with Crippen LogP contribution in [0.4, 0.5) is 11.4 Å². The van der Waals surface area contributed by atoms with E-state index < -0.39 is 0 Å². The van der Waals surface area contributed by atoms with Crippen molar-refractivity contribution in [2.24, 2.45) is 0 Å². The first kappa shape index (κ1) is 12.8. The van der Waals surface area contributed by atoms with E-state index in [1.807, 2.05) is 6.92 Å². The van der Waals surface area contributed by atoms with Crippen molar-refractivity contribution >= 4 is 22.3 Å². The van der Waals surface area contributed by atoms with Crippen LogP contribution >= 0.6 is 0 Å². The molecule has 0 bridgehead atoms. The number of hydrogen-bond donors (Lipinski definition) is 0. The van der Waals surface area contributed by atoms with E-state index in [0.29, 0.717) is 17.5 Å². The lowest BCUT2D eigenvalue weighted by molar-refractivity contribution is -0.383. The van der Waals surface area contributed by atoms with E-state index in [1.54, 1.807) is 30.5 Å². The van der Waals surface area contributed by atoms with Gasteiger partial charge < -0.3 is 9.64 Å². The van der Waals surface area contributed by atoms with Crippen LogP contribution in [0.3, 0.4) is 0 Å². The van der Waals surface area contributed by atoms with Crippen LogP contribution in [0.2, 0.25) is 0 Å². The molecule has 1 saturated heterocycles. The van der Waals surface area contributed by atoms with Crippen LogP contribution < -0.4 is 4.90 Å². The van der Waals surface area contributed by atoms with Crippen molar-refractivity contribution in [2.75, 3.05) is 24.6 Å². The number of hydrogen-bond acceptors (Lipinski definition) is 5. The minimum atomic E-state index is -0.365. The summed E-state index contributed by atoms with van der Waals surface area (Å²) in [4.78, 5) is 17.2. The van der Waals surface area contributed by atoms with Gasteiger partial charge in [-0.15, -0.1) is 0 Å². The van der Waals surface area contributed by atoms with Gasteiger partial charge in [-0.05, 0) is 25.1 Å². The first-order chi connectivity index (χ1) is 9.66. The van der Waals surface area contributed by atoms with Crippen molar-refractivity contribution in [1.82, 2.24) is 4.98 Å². The molecule has 0 N–H and O–H groups in total. The Kier molecular flexibility index (Phi) is 3.23. The Morgan fingerprint density at radius 1 is 1.45 bits per heavy atom. The highest BCUT2D eigenvalue weighted by Gasteiger charge is 2.22. The van der Waals surface area contributed by atoms with Gasteiger partial charge in [-0.1, -0.05) is 0 Å². The molecule has 20 heavy (non-hydrogen) atoms. The van der Waals surface area contributed by atoms with Crippen molar-refractivity contribution < 1.29 is 9.66 Å². The second kappa shape index (κ2) is 5.05. The van der Waals surface area contributed by atoms with E-state index in [9.17, 15) is 10.1 Å². The van der Waals surface area contributed by atoms with E-state index in [-0.39, 0.29) is 16.7 Å². The summed E-state index contributed by atoms with van der Waals surface area (Å²) < 4.78 is 5.53. The molecular weight excluding hydrogens is 258 g/mol. The number of benzene rings is 1. The quantitative estimate of drug-likeness (QED) is 0.620. The Hall–Kier alpha value is -2.21. The number of pyridine rings is 1. The van der Waals surface area contributed by atoms with Crippen molar-refractivity contribution in [3.8, 4) is 0 Å². The molecule has 6 heteroatoms. The molecular formula is C14H15N3O3. The fraction of sp³-hybridized carbons (Fsp3) is 0.357. The number of nitro benzene ring substituents is 1. The fourth-order valence-corrected chi connectivity index (χ4v) is 2.59. The summed E-state index contributed by atoms with van der Waals surface area (Å²) in [6, 6.07) is 6.81. The van der Waals surface area contributed by atoms with Gasteiger partial charge in [0.25, 0.3) is 5.69 Å². The lowest BCUT2D eigenvalue weighted by atomic mass is 10.1. The van der Waals surface area contributed by atoms with Crippen molar-refractivity contribution in [2.45, 2.75) is 13.0 Å². The van der Waals surface area contributed by atoms with Crippen LogP contribution in [0, 0.1) is 10.1 Å². The molecule has 1 aliphatic heterocycles. The molecule has 1 fully saturated rings. The largest absolute Gasteiger partial charge is 0.375 e. The van der Waals surface area contributed by atoms with Gasteiger partial charge in [-0.25, -0.2) is 0 Å². The molecule has 1 aromatic carbocycles. The molecule has 6 nitrogen and oxygen atoms in total. The Labute approximate surface area is 116 Å². The topological polar surface area (TPSA) is 68.5 Å². The van der Waals surface area contributed by atoms with E-state index in [1.165, 1.54) is 0 Å². The summed E-state index contributed by atoms with van der Waals surface area (Å²) in [5.41, 5.74) is 1.70. The summed E-state index contributed by atoms with van der Waals surface area (Å²) in [7, 11) is 0. The number of non-ortho nitro benzene ring substituents is 1. The maximum atomic E-state index is 11.1. The smallest absolute Gasteiger partial charge is 0.278 e. The second-order valence-electron chi connectivity index (χ2n) is 4.89. The van der Waals surface area contributed by atoms with Crippen LogP contribution in [0.15, 0.2) is 30.5 Å². The zero-order valence-corrected chi connectivity index (χ0v) is 11.2. The highest BCUT2D eigenvalue weighted by Crippen LogP contribution is 2.32. The molecule has 104 valence electrons. The first-order valence-electron chi connectivity index (χ1n) is 6.55. The normalized spacial score (nSPS) is 19.2. The number of rotatable bonds is 2. The average molecular weight is 273 g/mol. The SMILES string of the molecule is C[C@H]1CN(c2ccc([N+](=O)[O-])c3cccnc23)CCO1. The molecule has 0 aliphatic carbocycles. The Morgan fingerprint density at radius 3 is 3.05 bits per heavy atom. The number of anilines is 1. The molecule has 2 heterocycles. The van der Waals surface area contributed by atoms with Crippen LogP contribution in [-0.2, 0) is 4.74 Å². The Morgan fingerprint density at radius 2 is 2.30 bits per heavy atom. The molecule has 0 saturated carbocycles. The van der Waals surface area contributed by atoms with Gasteiger partial charge in [-0.2, -0.15) is 0 Å². The second-order valence-corrected chi connectivity index (χ2v) is 4.89. The van der Waals surface area contributed by atoms with Crippen molar-refractivity contribution in [3.05, 3.63) is 40.6 Å². The Balaban J connectivity index is 2.12. The lowest BCUT2D eigenvalue weighted by Crippen LogP contribution is -2.41. The van der Waals surface area contributed by atoms with Gasteiger partial charge in [-0.3, -0.25) is 15.1 Å². The van der Waals surface area contributed by atoms with E-state index in [0.717, 1.165) is 18.8 Å². The highest BCUT2D eigenvalue weighted by atomic mass is 16.6. The van der Waals surface area contributed by atoms with Crippen LogP contribution in [0.25, 0.3) is 10.9 Å². The summed E-state index contributed by atoms with van der Waals surface area (Å²) in [6.07, 6.45) is 1.82. The first-order valence-corrected chi connectivity index (χ1v) is 6.55. The van der Waals surface area contributed by atoms with Gasteiger partial charge >= 0.3 is 0 Å². The number of nitro groups is 1. The van der Waals surface area contributed by atoms with Gasteiger partial charge in [0.15, 0.2) is 0 Å². The highest BCUT2D eigenvalue weighted by molar-refractivity contribution is 5.97. The number of nitrogens with zero attached hydrogens (tertiary/aromatic N) is 3. The minimum Gasteiger partial charge on any atom is -0.375 e. The lowest BCUT2D eigenvalue weighted by Gasteiger charge is -2.33. The predicted molar refractivity (Wildman–Crippen MR) is 76.0 cm³/mol. The average Bonchev–Trinajstić information content (AvgIpc) is 2.46. The summed E-state index contributed by atoms with van der Waals surface area (Å²) in [5.74, 6) is 0. The van der Waals surface area contributed by atoms with E-state index >= 15 is 0 Å². The van der Waals surface area contributed by atoms with E-state index in [2.05, 4.69) is 9.88 Å². The molecule has 0 radical (unpaired) electrons. The minimum absolute atomic E-state index is 0.0955. The summed E-state index contributed by atoms with van der Waals surface area (Å²) >= 11 is 0. The summed E-state index contributed by atoms with van der Waals surface area (Å²) in [5, 5.41) is 11.7. The van der Waals surface area contributed by atoms with Gasteiger partial charge in [0, 0.05) is 25.4 Å². The third-order valence-electron chi connectivity index (χ3n) is 3.50. The molecule has 3 rings (SSSR count). The van der Waals surface area contributed by atoms with Crippen molar-refractivity contribution in [1.29, 1.82) is 0 Å². The maximum Gasteiger partial charge on any atom is 0.278 e. The third kappa shape index (κ3) is 2.18. The van der Waals surface area contributed by atoms with Gasteiger partial charge in [0.1, 0.15) is 5.52 Å². The molecule has 0 amide bonds. The molecule has 0 spiro atoms. The Bertz CT molecular complexity index is 659. The van der Waals surface area contributed by atoms with Gasteiger partial charge in [0.2, 0.25) is 0 Å². The number of fused-ring (bicyclic) bond motifs is 1. The van der Waals surface area contributed by atoms with E-state index in [4.69, 9.17) is 4.74 Å². The van der Waals surface area contributed by atoms with Crippen LogP contribution in [0.5, 0.6) is 0 Å². The third-order valence-corrected chi connectivity index (χ3v) is 3.50. The molecule has 1 atom stereocenters. The number of aromatic nitrogens is 1. The molecule has 1 aliphatic rings. The molecule has 0 unspecified atom stereocenters. The predicted octanol–water partition coefficient (Wildman–Crippen LogP) is 2.37. The van der Waals surface area contributed by atoms with Crippen LogP contribution in [-0.4, -0.2) is 35.7 Å². The zero-order valence-electron chi connectivity index (χ0n) is 11.2. The van der Waals surface area contributed by atoms with Crippen molar-refractivity contribution in [3.63, 3.8) is 0 Å². The zero-order chi connectivity index (χ0) is 14.1. The molecule has 2 aromatic rings. The number of morpholine rings is 1. The summed E-state index contributed by atoms with van der Waals surface area (Å²) in [6.45, 7) is 4.22. The molecule has 1 aromatic heterocycles. The monoisotopic (exact) mass is 273 g/mol. The van der Waals surface area contributed by atoms with Crippen LogP contribution in [0.1, 0.15) is 6.92 Å². The van der Waals surface area contributed by atoms with Gasteiger partial charge in [0.05, 0.1) is 28.7 Å². The standard InChI is InChI=1S/C14H15N3O3/c1-10-9-16(7-8-20-10)13-5-4-12(17(18)19)11-3-2-6-15-14(11)13/h2-6,10H,7-9H2,1H3/t10-/m0/s1.